The molecule has 0 aromatic carbocycles. The van der Waals surface area contributed by atoms with Crippen molar-refractivity contribution in [2.45, 2.75) is 83.0 Å². The minimum atomic E-state index is -0.0606. The molecule has 154 valence electrons. The minimum Gasteiger partial charge on any atom is -0.395 e. The summed E-state index contributed by atoms with van der Waals surface area (Å²) in [5.41, 5.74) is 0.121. The van der Waals surface area contributed by atoms with Crippen molar-refractivity contribution in [2.75, 3.05) is 32.8 Å². The van der Waals surface area contributed by atoms with Crippen LogP contribution in [0.1, 0.15) is 59.3 Å². The molecule has 6 heteroatoms. The molecule has 6 nitrogen and oxygen atoms in total. The first-order valence-corrected chi connectivity index (χ1v) is 11.0. The van der Waals surface area contributed by atoms with Gasteiger partial charge in [-0.25, -0.2) is 4.79 Å². The quantitative estimate of drug-likeness (QED) is 0.769. The van der Waals surface area contributed by atoms with Crippen LogP contribution in [0.3, 0.4) is 0 Å². The van der Waals surface area contributed by atoms with Gasteiger partial charge in [0.1, 0.15) is 0 Å². The number of hydrogen-bond acceptors (Lipinski definition) is 4. The molecule has 0 aromatic heterocycles. The molecule has 0 radical (unpaired) electrons. The molecule has 4 aliphatic rings. The number of likely N-dealkylation sites (tertiary alicyclic amines) is 2. The van der Waals surface area contributed by atoms with E-state index in [-0.39, 0.29) is 23.6 Å². The zero-order chi connectivity index (χ0) is 19.2. The van der Waals surface area contributed by atoms with Crippen molar-refractivity contribution >= 4 is 6.03 Å². The van der Waals surface area contributed by atoms with E-state index in [9.17, 15) is 4.79 Å². The maximum Gasteiger partial charge on any atom is 0.317 e. The molecule has 0 aromatic rings. The summed E-state index contributed by atoms with van der Waals surface area (Å²) in [5, 5.41) is 11.9. The monoisotopic (exact) mass is 379 g/mol. The Morgan fingerprint density at radius 2 is 1.93 bits per heavy atom. The molecular weight excluding hydrogens is 342 g/mol. The number of fused-ring (bicyclic) bond motifs is 1. The van der Waals surface area contributed by atoms with Gasteiger partial charge in [-0.3, -0.25) is 4.90 Å². The summed E-state index contributed by atoms with van der Waals surface area (Å²) in [6.45, 7) is 9.93. The number of amides is 2. The first-order chi connectivity index (χ1) is 12.9. The lowest BCUT2D eigenvalue weighted by Crippen LogP contribution is -2.83. The maximum absolute atomic E-state index is 12.7. The van der Waals surface area contributed by atoms with Crippen LogP contribution in [0.15, 0.2) is 0 Å². The van der Waals surface area contributed by atoms with Crippen molar-refractivity contribution < 1.29 is 14.6 Å². The van der Waals surface area contributed by atoms with Crippen LogP contribution >= 0.6 is 0 Å². The Morgan fingerprint density at radius 3 is 2.59 bits per heavy atom. The van der Waals surface area contributed by atoms with Crippen LogP contribution in [0.4, 0.5) is 4.79 Å². The second-order valence-electron chi connectivity index (χ2n) is 9.63. The number of aliphatic hydroxyl groups is 1. The van der Waals surface area contributed by atoms with Crippen LogP contribution in [-0.4, -0.2) is 77.5 Å². The number of nitrogens with one attached hydrogen (secondary N) is 1. The lowest BCUT2D eigenvalue weighted by Gasteiger charge is -2.75. The molecule has 2 aliphatic carbocycles. The third-order valence-electron chi connectivity index (χ3n) is 8.32. The van der Waals surface area contributed by atoms with Gasteiger partial charge < -0.3 is 20.1 Å². The van der Waals surface area contributed by atoms with Crippen LogP contribution < -0.4 is 5.32 Å². The van der Waals surface area contributed by atoms with E-state index < -0.39 is 0 Å². The third-order valence-corrected chi connectivity index (χ3v) is 8.32. The molecule has 2 bridgehead atoms. The normalized spacial score (nSPS) is 43.9. The van der Waals surface area contributed by atoms with Gasteiger partial charge in [0.05, 0.1) is 18.2 Å². The van der Waals surface area contributed by atoms with Gasteiger partial charge in [0.25, 0.3) is 0 Å². The number of rotatable bonds is 5. The number of carbonyl (C=O) groups excluding carboxylic acids is 1. The van der Waals surface area contributed by atoms with Crippen molar-refractivity contribution in [3.05, 3.63) is 0 Å². The average molecular weight is 380 g/mol. The summed E-state index contributed by atoms with van der Waals surface area (Å²) in [6, 6.07) is 1.29. The summed E-state index contributed by atoms with van der Waals surface area (Å²) in [7, 11) is 0. The Kier molecular flexibility index (Phi) is 5.19. The Bertz CT molecular complexity index is 565. The predicted molar refractivity (Wildman–Crippen MR) is 105 cm³/mol. The van der Waals surface area contributed by atoms with Crippen molar-refractivity contribution in [1.82, 2.24) is 15.1 Å². The third kappa shape index (κ3) is 2.99. The minimum absolute atomic E-state index is 0.00217. The summed E-state index contributed by atoms with van der Waals surface area (Å²) in [4.78, 5) is 17.6. The van der Waals surface area contributed by atoms with E-state index in [4.69, 9.17) is 9.84 Å². The standard InChI is InChI=1S/C21H37N3O3/c1-4-27-17-7-5-16(6-8-17)23-13-15-11-20(2)18(23)12-21(20,3)24(14-15)19(26)22-9-10-25/h15-18,25H,4-14H2,1-3H3,(H,22,26). The fourth-order valence-electron chi connectivity index (χ4n) is 6.74. The van der Waals surface area contributed by atoms with E-state index in [2.05, 4.69) is 35.9 Å². The highest BCUT2D eigenvalue weighted by Crippen LogP contribution is 2.64. The zero-order valence-corrected chi connectivity index (χ0v) is 17.2. The molecule has 27 heavy (non-hydrogen) atoms. The van der Waals surface area contributed by atoms with E-state index in [1.807, 2.05) is 0 Å². The molecule has 4 atom stereocenters. The predicted octanol–water partition coefficient (Wildman–Crippen LogP) is 2.21. The van der Waals surface area contributed by atoms with E-state index in [0.717, 1.165) is 26.1 Å². The fraction of sp³-hybridized carbons (Fsp3) is 0.952. The number of urea groups is 1. The van der Waals surface area contributed by atoms with Crippen molar-refractivity contribution in [3.8, 4) is 0 Å². The number of hydrogen-bond donors (Lipinski definition) is 2. The van der Waals surface area contributed by atoms with Crippen molar-refractivity contribution in [1.29, 1.82) is 0 Å². The highest BCUT2D eigenvalue weighted by atomic mass is 16.5. The lowest BCUT2D eigenvalue weighted by molar-refractivity contribution is -0.231. The fourth-order valence-corrected chi connectivity index (χ4v) is 6.74. The van der Waals surface area contributed by atoms with Crippen LogP contribution in [0, 0.1) is 11.3 Å². The Hall–Kier alpha value is -0.850. The summed E-state index contributed by atoms with van der Waals surface area (Å²) < 4.78 is 5.85. The van der Waals surface area contributed by atoms with Gasteiger partial charge in [-0.2, -0.15) is 0 Å². The van der Waals surface area contributed by atoms with Crippen LogP contribution in [0.5, 0.6) is 0 Å². The molecule has 0 spiro atoms. The second kappa shape index (κ2) is 7.20. The molecule has 4 unspecified atom stereocenters. The number of piperidine rings is 2. The highest BCUT2D eigenvalue weighted by Gasteiger charge is 2.70. The molecule has 4 rings (SSSR count). The van der Waals surface area contributed by atoms with E-state index in [0.29, 0.717) is 30.7 Å². The van der Waals surface area contributed by atoms with E-state index in [1.54, 1.807) is 0 Å². The smallest absolute Gasteiger partial charge is 0.317 e. The van der Waals surface area contributed by atoms with Crippen molar-refractivity contribution in [3.63, 3.8) is 0 Å². The van der Waals surface area contributed by atoms with Gasteiger partial charge in [-0.15, -0.1) is 0 Å². The highest BCUT2D eigenvalue weighted by molar-refractivity contribution is 5.76. The first-order valence-electron chi connectivity index (χ1n) is 11.0. The van der Waals surface area contributed by atoms with Crippen molar-refractivity contribution in [2.24, 2.45) is 11.3 Å². The van der Waals surface area contributed by atoms with Crippen LogP contribution in [0.25, 0.3) is 0 Å². The molecule has 2 aliphatic heterocycles. The maximum atomic E-state index is 12.7. The average Bonchev–Trinajstić information content (AvgIpc) is 2.65. The van der Waals surface area contributed by atoms with E-state index in [1.165, 1.54) is 32.1 Å². The summed E-state index contributed by atoms with van der Waals surface area (Å²) in [5.74, 6) is 0.559. The van der Waals surface area contributed by atoms with E-state index >= 15 is 0 Å². The molecule has 2 saturated heterocycles. The Morgan fingerprint density at radius 1 is 1.19 bits per heavy atom. The molecule has 2 saturated carbocycles. The molecule has 2 amide bonds. The largest absolute Gasteiger partial charge is 0.395 e. The lowest BCUT2D eigenvalue weighted by atomic mass is 9.45. The van der Waals surface area contributed by atoms with Gasteiger partial charge in [0.2, 0.25) is 0 Å². The summed E-state index contributed by atoms with van der Waals surface area (Å²) >= 11 is 0. The molecular formula is C21H37N3O3. The zero-order valence-electron chi connectivity index (χ0n) is 17.2. The number of nitrogens with zero attached hydrogens (tertiary/aromatic N) is 2. The number of aliphatic hydroxyl groups excluding tert-OH is 1. The first kappa shape index (κ1) is 19.5. The molecule has 4 fully saturated rings. The van der Waals surface area contributed by atoms with Gasteiger partial charge in [0.15, 0.2) is 0 Å². The topological polar surface area (TPSA) is 65.0 Å². The number of ether oxygens (including phenoxy) is 1. The van der Waals surface area contributed by atoms with Gasteiger partial charge in [0, 0.05) is 43.7 Å². The molecule has 2 heterocycles. The van der Waals surface area contributed by atoms with Crippen LogP contribution in [-0.2, 0) is 4.74 Å². The second-order valence-corrected chi connectivity index (χ2v) is 9.63. The Labute approximate surface area is 163 Å². The van der Waals surface area contributed by atoms with Gasteiger partial charge in [-0.1, -0.05) is 6.92 Å². The molecule has 2 N–H and O–H groups in total. The SMILES string of the molecule is CCOC1CCC(N2CC3CN(C(=O)NCCO)C4(C)CC2C4(C)C3)CC1. The van der Waals surface area contributed by atoms with Gasteiger partial charge in [-0.05, 0) is 58.3 Å². The van der Waals surface area contributed by atoms with Crippen LogP contribution in [0.2, 0.25) is 0 Å². The van der Waals surface area contributed by atoms with Gasteiger partial charge >= 0.3 is 6.03 Å². The summed E-state index contributed by atoms with van der Waals surface area (Å²) in [6.07, 6.45) is 7.66. The number of carbonyl (C=O) groups is 1. The Balaban J connectivity index is 1.46.